The minimum atomic E-state index is -0.0369. The maximum Gasteiger partial charge on any atom is 0.223 e. The Hall–Kier alpha value is -1.55. The third-order valence-electron chi connectivity index (χ3n) is 4.66. The third-order valence-corrected chi connectivity index (χ3v) is 4.66. The summed E-state index contributed by atoms with van der Waals surface area (Å²) in [6.07, 6.45) is 2.88. The second kappa shape index (κ2) is 8.22. The maximum absolute atomic E-state index is 12.6. The van der Waals surface area contributed by atoms with Gasteiger partial charge in [0.15, 0.2) is 0 Å². The summed E-state index contributed by atoms with van der Waals surface area (Å²) >= 11 is 0. The van der Waals surface area contributed by atoms with Gasteiger partial charge in [-0.3, -0.25) is 4.79 Å². The topological polar surface area (TPSA) is 50.4 Å². The van der Waals surface area contributed by atoms with Crippen molar-refractivity contribution >= 4 is 5.91 Å². The quantitative estimate of drug-likeness (QED) is 0.826. The number of rotatable bonds is 6. The molecule has 2 rings (SSSR count). The van der Waals surface area contributed by atoms with Crippen molar-refractivity contribution in [2.75, 3.05) is 0 Å². The fraction of sp³-hybridized carbons (Fsp3) is 0.667. The zero-order chi connectivity index (χ0) is 18.6. The molecule has 3 unspecified atom stereocenters. The number of carbonyl (C=O) groups is 1. The second-order valence-corrected chi connectivity index (χ2v) is 8.49. The van der Waals surface area contributed by atoms with Crippen LogP contribution in [-0.4, -0.2) is 29.6 Å². The Balaban J connectivity index is 1.87. The molecule has 1 heterocycles. The molecule has 140 valence electrons. The van der Waals surface area contributed by atoms with Crippen LogP contribution >= 0.6 is 0 Å². The Kier molecular flexibility index (Phi) is 6.50. The lowest BCUT2D eigenvalue weighted by molar-refractivity contribution is -0.125. The highest BCUT2D eigenvalue weighted by molar-refractivity contribution is 5.79. The molecular formula is C21H34N2O2. The largest absolute Gasteiger partial charge is 0.491 e. The van der Waals surface area contributed by atoms with Crippen molar-refractivity contribution < 1.29 is 9.53 Å². The van der Waals surface area contributed by atoms with Crippen molar-refractivity contribution in [3.05, 3.63) is 29.8 Å². The van der Waals surface area contributed by atoms with Gasteiger partial charge in [-0.1, -0.05) is 19.1 Å². The lowest BCUT2D eigenvalue weighted by Gasteiger charge is -2.41. The highest BCUT2D eigenvalue weighted by atomic mass is 16.5. The maximum atomic E-state index is 12.6. The van der Waals surface area contributed by atoms with E-state index in [1.54, 1.807) is 0 Å². The van der Waals surface area contributed by atoms with Gasteiger partial charge in [0, 0.05) is 23.5 Å². The standard InChI is InChI=1S/C21H34N2O2/c1-14(2)25-19-9-7-17(8-10-19)11-15(3)20(24)22-18-12-16(4)23-21(5,6)13-18/h7-10,14-16,18,23H,11-13H2,1-6H3,(H,22,24). The molecule has 0 aliphatic carbocycles. The van der Waals surface area contributed by atoms with E-state index < -0.39 is 0 Å². The van der Waals surface area contributed by atoms with Crippen molar-refractivity contribution in [3.63, 3.8) is 0 Å². The molecule has 4 nitrogen and oxygen atoms in total. The van der Waals surface area contributed by atoms with Crippen molar-refractivity contribution in [2.24, 2.45) is 5.92 Å². The SMILES string of the molecule is CC1CC(NC(=O)C(C)Cc2ccc(OC(C)C)cc2)CC(C)(C)N1. The van der Waals surface area contributed by atoms with Crippen LogP contribution < -0.4 is 15.4 Å². The normalized spacial score (nSPS) is 24.0. The Morgan fingerprint density at radius 1 is 1.28 bits per heavy atom. The second-order valence-electron chi connectivity index (χ2n) is 8.49. The molecule has 1 saturated heterocycles. The molecule has 0 aromatic heterocycles. The summed E-state index contributed by atoms with van der Waals surface area (Å²) < 4.78 is 5.67. The first kappa shape index (κ1) is 19.8. The number of amides is 1. The van der Waals surface area contributed by atoms with Gasteiger partial charge in [-0.25, -0.2) is 0 Å². The van der Waals surface area contributed by atoms with E-state index in [2.05, 4.69) is 43.5 Å². The first-order chi connectivity index (χ1) is 11.6. The zero-order valence-corrected chi connectivity index (χ0v) is 16.6. The van der Waals surface area contributed by atoms with Crippen LogP contribution in [0.1, 0.15) is 59.9 Å². The summed E-state index contributed by atoms with van der Waals surface area (Å²) in [6.45, 7) is 12.6. The monoisotopic (exact) mass is 346 g/mol. The van der Waals surface area contributed by atoms with E-state index in [9.17, 15) is 4.79 Å². The molecule has 0 bridgehead atoms. The van der Waals surface area contributed by atoms with Crippen LogP contribution in [0.3, 0.4) is 0 Å². The predicted molar refractivity (Wildman–Crippen MR) is 103 cm³/mol. The summed E-state index contributed by atoms with van der Waals surface area (Å²) in [5.41, 5.74) is 1.24. The smallest absolute Gasteiger partial charge is 0.223 e. The summed E-state index contributed by atoms with van der Waals surface area (Å²) in [5.74, 6) is 0.990. The predicted octanol–water partition coefficient (Wildman–Crippen LogP) is 3.69. The van der Waals surface area contributed by atoms with Gasteiger partial charge in [0.25, 0.3) is 0 Å². The van der Waals surface area contributed by atoms with E-state index in [0.717, 1.165) is 30.6 Å². The van der Waals surface area contributed by atoms with Gasteiger partial charge < -0.3 is 15.4 Å². The first-order valence-corrected chi connectivity index (χ1v) is 9.48. The summed E-state index contributed by atoms with van der Waals surface area (Å²) in [4.78, 5) is 12.6. The van der Waals surface area contributed by atoms with Crippen LogP contribution in [0, 0.1) is 5.92 Å². The zero-order valence-electron chi connectivity index (χ0n) is 16.6. The number of carbonyl (C=O) groups excluding carboxylic acids is 1. The molecule has 2 N–H and O–H groups in total. The summed E-state index contributed by atoms with van der Waals surface area (Å²) in [6, 6.07) is 8.75. The molecule has 1 aromatic rings. The first-order valence-electron chi connectivity index (χ1n) is 9.48. The highest BCUT2D eigenvalue weighted by Crippen LogP contribution is 2.23. The molecule has 0 radical (unpaired) electrons. The Labute approximate surface area is 152 Å². The van der Waals surface area contributed by atoms with Crippen molar-refractivity contribution in [2.45, 2.75) is 84.5 Å². The lowest BCUT2D eigenvalue weighted by atomic mass is 9.85. The number of piperidine rings is 1. The Bertz CT molecular complexity index is 566. The molecule has 1 amide bonds. The van der Waals surface area contributed by atoms with Crippen LogP contribution in [0.2, 0.25) is 0 Å². The Morgan fingerprint density at radius 2 is 1.92 bits per heavy atom. The Morgan fingerprint density at radius 3 is 2.48 bits per heavy atom. The van der Waals surface area contributed by atoms with E-state index in [1.165, 1.54) is 0 Å². The van der Waals surface area contributed by atoms with E-state index in [-0.39, 0.29) is 29.5 Å². The average molecular weight is 347 g/mol. The minimum absolute atomic E-state index is 0.0369. The van der Waals surface area contributed by atoms with Gasteiger partial charge in [-0.2, -0.15) is 0 Å². The molecule has 0 spiro atoms. The van der Waals surface area contributed by atoms with Gasteiger partial charge >= 0.3 is 0 Å². The van der Waals surface area contributed by atoms with E-state index in [4.69, 9.17) is 4.74 Å². The van der Waals surface area contributed by atoms with Gasteiger partial charge in [-0.05, 0) is 71.6 Å². The molecule has 4 heteroatoms. The van der Waals surface area contributed by atoms with Crippen molar-refractivity contribution in [1.29, 1.82) is 0 Å². The highest BCUT2D eigenvalue weighted by Gasteiger charge is 2.32. The molecule has 1 aliphatic rings. The van der Waals surface area contributed by atoms with Crippen LogP contribution in [0.5, 0.6) is 5.75 Å². The molecule has 1 fully saturated rings. The number of hydrogen-bond acceptors (Lipinski definition) is 3. The lowest BCUT2D eigenvalue weighted by Crippen LogP contribution is -2.57. The fourth-order valence-corrected chi connectivity index (χ4v) is 3.79. The summed E-state index contributed by atoms with van der Waals surface area (Å²) in [5, 5.41) is 6.84. The average Bonchev–Trinajstić information content (AvgIpc) is 2.46. The third kappa shape index (κ3) is 6.35. The molecule has 0 saturated carbocycles. The molecule has 1 aromatic carbocycles. The minimum Gasteiger partial charge on any atom is -0.491 e. The van der Waals surface area contributed by atoms with Crippen LogP contribution in [0.15, 0.2) is 24.3 Å². The number of benzene rings is 1. The number of nitrogens with one attached hydrogen (secondary N) is 2. The van der Waals surface area contributed by atoms with Crippen LogP contribution in [0.25, 0.3) is 0 Å². The fourth-order valence-electron chi connectivity index (χ4n) is 3.79. The molecule has 25 heavy (non-hydrogen) atoms. The van der Waals surface area contributed by atoms with Gasteiger partial charge in [0.05, 0.1) is 6.10 Å². The van der Waals surface area contributed by atoms with E-state index in [1.807, 2.05) is 32.9 Å². The van der Waals surface area contributed by atoms with Gasteiger partial charge in [0.1, 0.15) is 5.75 Å². The molecular weight excluding hydrogens is 312 g/mol. The molecule has 3 atom stereocenters. The van der Waals surface area contributed by atoms with E-state index >= 15 is 0 Å². The van der Waals surface area contributed by atoms with Gasteiger partial charge in [0.2, 0.25) is 5.91 Å². The van der Waals surface area contributed by atoms with Crippen LogP contribution in [0.4, 0.5) is 0 Å². The van der Waals surface area contributed by atoms with Crippen LogP contribution in [-0.2, 0) is 11.2 Å². The van der Waals surface area contributed by atoms with Gasteiger partial charge in [-0.15, -0.1) is 0 Å². The number of ether oxygens (including phenoxy) is 1. The summed E-state index contributed by atoms with van der Waals surface area (Å²) in [7, 11) is 0. The van der Waals surface area contributed by atoms with Crippen molar-refractivity contribution in [3.8, 4) is 5.75 Å². The van der Waals surface area contributed by atoms with E-state index in [0.29, 0.717) is 6.04 Å². The number of hydrogen-bond donors (Lipinski definition) is 2. The van der Waals surface area contributed by atoms with Crippen molar-refractivity contribution in [1.82, 2.24) is 10.6 Å². The molecule has 1 aliphatic heterocycles.